The van der Waals surface area contributed by atoms with E-state index < -0.39 is 7.22 Å². The average Bonchev–Trinajstić information content (AvgIpc) is 2.52. The van der Waals surface area contributed by atoms with Crippen molar-refractivity contribution in [3.05, 3.63) is 53.6 Å². The standard InChI is InChI=1S/C21H34OSSi/c1-17(2)24(18(3)4,19(5)6)23-16-21-13-11-20(12-14-21)10-8-7-9-15-22/h7-14,17-19,22H,15-16H2,1-6H3/b9-7+,10-8+. The lowest BCUT2D eigenvalue weighted by Gasteiger charge is -2.42. The first-order valence-corrected chi connectivity index (χ1v) is 13.0. The van der Waals surface area contributed by atoms with Gasteiger partial charge >= 0.3 is 0 Å². The number of benzene rings is 1. The van der Waals surface area contributed by atoms with Crippen molar-refractivity contribution >= 4 is 24.5 Å². The van der Waals surface area contributed by atoms with Crippen LogP contribution in [0.4, 0.5) is 0 Å². The van der Waals surface area contributed by atoms with E-state index in [9.17, 15) is 0 Å². The van der Waals surface area contributed by atoms with Gasteiger partial charge in [-0.3, -0.25) is 0 Å². The fourth-order valence-electron chi connectivity index (χ4n) is 3.74. The molecule has 3 heteroatoms. The zero-order chi connectivity index (χ0) is 18.2. The van der Waals surface area contributed by atoms with Crippen molar-refractivity contribution in [1.29, 1.82) is 0 Å². The van der Waals surface area contributed by atoms with Crippen molar-refractivity contribution in [3.8, 4) is 0 Å². The largest absolute Gasteiger partial charge is 0.392 e. The van der Waals surface area contributed by atoms with Gasteiger partial charge in [0, 0.05) is 5.75 Å². The van der Waals surface area contributed by atoms with Gasteiger partial charge in [-0.25, -0.2) is 0 Å². The number of rotatable bonds is 9. The molecule has 0 aliphatic carbocycles. The molecule has 1 aromatic carbocycles. The SMILES string of the molecule is CC(C)[Si](SCc1ccc(/C=C/C=C/CO)cc1)(C(C)C)C(C)C. The van der Waals surface area contributed by atoms with Gasteiger partial charge in [-0.05, 0) is 27.8 Å². The molecule has 0 aromatic heterocycles. The summed E-state index contributed by atoms with van der Waals surface area (Å²) in [6.07, 6.45) is 7.64. The van der Waals surface area contributed by atoms with Crippen molar-refractivity contribution in [2.75, 3.05) is 6.61 Å². The summed E-state index contributed by atoms with van der Waals surface area (Å²) in [6.45, 7) is 14.6. The minimum Gasteiger partial charge on any atom is -0.392 e. The van der Waals surface area contributed by atoms with Crippen LogP contribution in [-0.4, -0.2) is 18.9 Å². The lowest BCUT2D eigenvalue weighted by Crippen LogP contribution is -2.41. The molecule has 1 N–H and O–H groups in total. The average molecular weight is 363 g/mol. The molecular weight excluding hydrogens is 328 g/mol. The molecule has 1 rings (SSSR count). The second-order valence-electron chi connectivity index (χ2n) is 7.32. The van der Waals surface area contributed by atoms with Crippen LogP contribution in [0, 0.1) is 0 Å². The maximum atomic E-state index is 8.72. The van der Waals surface area contributed by atoms with Crippen molar-refractivity contribution in [2.24, 2.45) is 0 Å². The van der Waals surface area contributed by atoms with E-state index in [0.717, 1.165) is 22.4 Å². The van der Waals surface area contributed by atoms with E-state index in [2.05, 4.69) is 83.1 Å². The molecule has 0 heterocycles. The zero-order valence-corrected chi connectivity index (χ0v) is 17.9. The summed E-state index contributed by atoms with van der Waals surface area (Å²) in [5.74, 6) is 1.12. The maximum Gasteiger partial charge on any atom is 0.125 e. The van der Waals surface area contributed by atoms with Gasteiger partial charge in [-0.1, -0.05) is 90.1 Å². The van der Waals surface area contributed by atoms with E-state index in [1.807, 2.05) is 12.2 Å². The fourth-order valence-corrected chi connectivity index (χ4v) is 13.6. The molecule has 0 radical (unpaired) electrons. The number of allylic oxidation sites excluding steroid dienone is 2. The van der Waals surface area contributed by atoms with Crippen LogP contribution in [0.1, 0.15) is 52.7 Å². The van der Waals surface area contributed by atoms with E-state index >= 15 is 0 Å². The number of hydrogen-bond donors (Lipinski definition) is 1. The molecule has 1 aromatic rings. The second kappa shape index (κ2) is 10.3. The Morgan fingerprint density at radius 2 is 1.46 bits per heavy atom. The molecular formula is C21H34OSSi. The Labute approximate surface area is 153 Å². The Balaban J connectivity index is 2.78. The van der Waals surface area contributed by atoms with Crippen molar-refractivity contribution in [3.63, 3.8) is 0 Å². The summed E-state index contributed by atoms with van der Waals surface area (Å²) >= 11 is 2.26. The molecule has 0 amide bonds. The molecule has 1 nitrogen and oxygen atoms in total. The van der Waals surface area contributed by atoms with Gasteiger partial charge in [0.25, 0.3) is 0 Å². The smallest absolute Gasteiger partial charge is 0.125 e. The molecule has 0 aliphatic rings. The van der Waals surface area contributed by atoms with Crippen molar-refractivity contribution < 1.29 is 5.11 Å². The van der Waals surface area contributed by atoms with Crippen LogP contribution in [0.3, 0.4) is 0 Å². The highest BCUT2D eigenvalue weighted by molar-refractivity contribution is 8.28. The molecule has 0 bridgehead atoms. The lowest BCUT2D eigenvalue weighted by molar-refractivity contribution is 0.343. The third-order valence-corrected chi connectivity index (χ3v) is 17.4. The van der Waals surface area contributed by atoms with E-state index in [-0.39, 0.29) is 6.61 Å². The summed E-state index contributed by atoms with van der Waals surface area (Å²) in [7, 11) is -1.38. The normalized spacial score (nSPS) is 13.2. The Kier molecular flexibility index (Phi) is 9.10. The summed E-state index contributed by atoms with van der Waals surface area (Å²) in [4.78, 5) is 0. The second-order valence-corrected chi connectivity index (χ2v) is 16.1. The summed E-state index contributed by atoms with van der Waals surface area (Å²) in [5.41, 5.74) is 5.00. The Hall–Kier alpha value is -0.773. The highest BCUT2D eigenvalue weighted by atomic mass is 32.4. The van der Waals surface area contributed by atoms with E-state index in [4.69, 9.17) is 5.11 Å². The highest BCUT2D eigenvalue weighted by Crippen LogP contribution is 2.50. The molecule has 0 aliphatic heterocycles. The van der Waals surface area contributed by atoms with Gasteiger partial charge in [0.2, 0.25) is 0 Å². The predicted molar refractivity (Wildman–Crippen MR) is 114 cm³/mol. The van der Waals surface area contributed by atoms with Crippen LogP contribution in [0.25, 0.3) is 6.08 Å². The van der Waals surface area contributed by atoms with Crippen LogP contribution in [-0.2, 0) is 5.75 Å². The third-order valence-electron chi connectivity index (χ3n) is 4.82. The zero-order valence-electron chi connectivity index (χ0n) is 16.1. The van der Waals surface area contributed by atoms with Crippen LogP contribution in [0.5, 0.6) is 0 Å². The van der Waals surface area contributed by atoms with E-state index in [1.165, 1.54) is 11.1 Å². The minimum absolute atomic E-state index is 0.0910. The summed E-state index contributed by atoms with van der Waals surface area (Å²) in [6, 6.07) is 8.87. The predicted octanol–water partition coefficient (Wildman–Crippen LogP) is 6.66. The lowest BCUT2D eigenvalue weighted by atomic mass is 10.1. The number of aliphatic hydroxyl groups is 1. The van der Waals surface area contributed by atoms with Crippen LogP contribution < -0.4 is 0 Å². The first-order chi connectivity index (χ1) is 11.3. The number of aliphatic hydroxyl groups excluding tert-OH is 1. The summed E-state index contributed by atoms with van der Waals surface area (Å²) < 4.78 is 0. The minimum atomic E-state index is -1.38. The van der Waals surface area contributed by atoms with Crippen molar-refractivity contribution in [2.45, 2.75) is 63.9 Å². The van der Waals surface area contributed by atoms with Gasteiger partial charge in [0.15, 0.2) is 0 Å². The first kappa shape index (κ1) is 21.3. The fraction of sp³-hybridized carbons (Fsp3) is 0.524. The third kappa shape index (κ3) is 5.64. The highest BCUT2D eigenvalue weighted by Gasteiger charge is 2.43. The molecule has 0 saturated heterocycles. The first-order valence-electron chi connectivity index (χ1n) is 9.01. The Morgan fingerprint density at radius 1 is 0.917 bits per heavy atom. The van der Waals surface area contributed by atoms with Gasteiger partial charge in [-0.2, -0.15) is 11.2 Å². The van der Waals surface area contributed by atoms with Gasteiger partial charge in [0.1, 0.15) is 7.22 Å². The molecule has 0 unspecified atom stereocenters. The number of hydrogen-bond acceptors (Lipinski definition) is 2. The van der Waals surface area contributed by atoms with E-state index in [1.54, 1.807) is 6.08 Å². The maximum absolute atomic E-state index is 8.72. The quantitative estimate of drug-likeness (QED) is 0.391. The summed E-state index contributed by atoms with van der Waals surface area (Å²) in [5, 5.41) is 8.72. The molecule has 0 spiro atoms. The molecule has 134 valence electrons. The van der Waals surface area contributed by atoms with Crippen LogP contribution in [0.15, 0.2) is 42.5 Å². The molecule has 24 heavy (non-hydrogen) atoms. The molecule has 0 fully saturated rings. The van der Waals surface area contributed by atoms with Gasteiger partial charge in [0.05, 0.1) is 6.61 Å². The van der Waals surface area contributed by atoms with Gasteiger partial charge in [-0.15, -0.1) is 0 Å². The Bertz CT molecular complexity index is 508. The topological polar surface area (TPSA) is 20.2 Å². The molecule has 0 atom stereocenters. The van der Waals surface area contributed by atoms with E-state index in [0.29, 0.717) is 0 Å². The van der Waals surface area contributed by atoms with Crippen LogP contribution >= 0.6 is 11.2 Å². The van der Waals surface area contributed by atoms with Crippen LogP contribution in [0.2, 0.25) is 16.6 Å². The molecule has 0 saturated carbocycles. The van der Waals surface area contributed by atoms with Gasteiger partial charge < -0.3 is 5.11 Å². The van der Waals surface area contributed by atoms with Crippen molar-refractivity contribution in [1.82, 2.24) is 0 Å². The monoisotopic (exact) mass is 362 g/mol. The Morgan fingerprint density at radius 3 is 1.92 bits per heavy atom.